The number of hydrogen-bond acceptors (Lipinski definition) is 1. The van der Waals surface area contributed by atoms with Crippen LogP contribution in [0.25, 0.3) is 55.3 Å². The van der Waals surface area contributed by atoms with E-state index in [-0.39, 0.29) is 0 Å². The van der Waals surface area contributed by atoms with Crippen molar-refractivity contribution < 1.29 is 4.42 Å². The lowest BCUT2D eigenvalue weighted by molar-refractivity contribution is 0.670. The summed E-state index contributed by atoms with van der Waals surface area (Å²) in [7, 11) is 0. The van der Waals surface area contributed by atoms with Crippen LogP contribution in [0.5, 0.6) is 0 Å². The van der Waals surface area contributed by atoms with Crippen LogP contribution in [-0.4, -0.2) is 0 Å². The summed E-state index contributed by atoms with van der Waals surface area (Å²) in [6.07, 6.45) is 0. The van der Waals surface area contributed by atoms with E-state index in [0.29, 0.717) is 0 Å². The fourth-order valence-corrected chi connectivity index (χ4v) is 4.42. The van der Waals surface area contributed by atoms with Crippen molar-refractivity contribution in [2.24, 2.45) is 0 Å². The minimum Gasteiger partial charge on any atom is -0.455 e. The molecule has 1 heteroatoms. The van der Waals surface area contributed by atoms with Gasteiger partial charge in [0.1, 0.15) is 11.2 Å². The first-order valence-corrected chi connectivity index (χ1v) is 10.9. The highest BCUT2D eigenvalue weighted by Gasteiger charge is 2.11. The normalized spacial score (nSPS) is 11.3. The Bertz CT molecular complexity index is 1530. The summed E-state index contributed by atoms with van der Waals surface area (Å²) >= 11 is 0. The topological polar surface area (TPSA) is 13.1 Å². The zero-order valence-electron chi connectivity index (χ0n) is 17.9. The molecular weight excluding hydrogens is 388 g/mol. The van der Waals surface area contributed by atoms with Crippen LogP contribution in [0, 0.1) is 6.92 Å². The molecule has 1 heterocycles. The highest BCUT2D eigenvalue weighted by Crippen LogP contribution is 2.36. The second-order valence-corrected chi connectivity index (χ2v) is 8.30. The number of aryl methyl sites for hydroxylation is 1. The van der Waals surface area contributed by atoms with Gasteiger partial charge in [0.2, 0.25) is 0 Å². The van der Waals surface area contributed by atoms with Crippen molar-refractivity contribution in [2.75, 3.05) is 0 Å². The van der Waals surface area contributed by atoms with Crippen LogP contribution in [0.1, 0.15) is 5.56 Å². The van der Waals surface area contributed by atoms with Crippen molar-refractivity contribution in [3.8, 4) is 33.4 Å². The molecule has 0 bridgehead atoms. The maximum atomic E-state index is 6.22. The van der Waals surface area contributed by atoms with Crippen LogP contribution in [0.2, 0.25) is 0 Å². The fourth-order valence-electron chi connectivity index (χ4n) is 4.42. The van der Waals surface area contributed by atoms with Crippen molar-refractivity contribution in [1.82, 2.24) is 0 Å². The van der Waals surface area contributed by atoms with Gasteiger partial charge in [0.05, 0.1) is 0 Å². The molecule has 0 atom stereocenters. The van der Waals surface area contributed by atoms with Gasteiger partial charge in [-0.1, -0.05) is 115 Å². The maximum absolute atomic E-state index is 6.22. The molecule has 0 N–H and O–H groups in total. The molecule has 1 nitrogen and oxygen atoms in total. The van der Waals surface area contributed by atoms with Crippen molar-refractivity contribution in [3.05, 3.63) is 121 Å². The summed E-state index contributed by atoms with van der Waals surface area (Å²) in [5, 5.41) is 2.32. The zero-order chi connectivity index (χ0) is 21.5. The Morgan fingerprint density at radius 1 is 0.438 bits per heavy atom. The molecule has 1 aromatic heterocycles. The molecule has 32 heavy (non-hydrogen) atoms. The Hall–Kier alpha value is -4.10. The highest BCUT2D eigenvalue weighted by molar-refractivity contribution is 6.09. The predicted octanol–water partition coefficient (Wildman–Crippen LogP) is 8.90. The van der Waals surface area contributed by atoms with Gasteiger partial charge < -0.3 is 4.42 Å². The molecule has 0 spiro atoms. The molecule has 0 fully saturated rings. The van der Waals surface area contributed by atoms with Gasteiger partial charge in [-0.25, -0.2) is 0 Å². The number of para-hydroxylation sites is 2. The van der Waals surface area contributed by atoms with Gasteiger partial charge in [0.15, 0.2) is 0 Å². The monoisotopic (exact) mass is 410 g/mol. The van der Waals surface area contributed by atoms with Gasteiger partial charge in [-0.05, 0) is 40.8 Å². The SMILES string of the molecule is Cc1ccc(-c2ccc(-c3ccc(-c4cccc5c4oc4ccccc45)cc3)cc2)cc1. The Morgan fingerprint density at radius 2 is 0.938 bits per heavy atom. The Balaban J connectivity index is 1.34. The Labute approximate surface area is 187 Å². The number of furan rings is 1. The van der Waals surface area contributed by atoms with E-state index in [2.05, 4.69) is 110 Å². The molecule has 0 amide bonds. The maximum Gasteiger partial charge on any atom is 0.143 e. The summed E-state index contributed by atoms with van der Waals surface area (Å²) < 4.78 is 6.22. The highest BCUT2D eigenvalue weighted by atomic mass is 16.3. The van der Waals surface area contributed by atoms with Crippen molar-refractivity contribution >= 4 is 21.9 Å². The average molecular weight is 411 g/mol. The van der Waals surface area contributed by atoms with E-state index >= 15 is 0 Å². The predicted molar refractivity (Wildman–Crippen MR) is 135 cm³/mol. The van der Waals surface area contributed by atoms with E-state index in [4.69, 9.17) is 4.42 Å². The van der Waals surface area contributed by atoms with E-state index in [1.54, 1.807) is 0 Å². The first kappa shape index (κ1) is 18.7. The largest absolute Gasteiger partial charge is 0.455 e. The van der Waals surface area contributed by atoms with Crippen molar-refractivity contribution in [3.63, 3.8) is 0 Å². The fraction of sp³-hybridized carbons (Fsp3) is 0.0323. The van der Waals surface area contributed by atoms with Crippen LogP contribution in [0.15, 0.2) is 120 Å². The first-order valence-electron chi connectivity index (χ1n) is 10.9. The van der Waals surface area contributed by atoms with Crippen LogP contribution < -0.4 is 0 Å². The van der Waals surface area contributed by atoms with Crippen molar-refractivity contribution in [1.29, 1.82) is 0 Å². The lowest BCUT2D eigenvalue weighted by Gasteiger charge is -2.07. The van der Waals surface area contributed by atoms with Crippen molar-refractivity contribution in [2.45, 2.75) is 6.92 Å². The van der Waals surface area contributed by atoms with Gasteiger partial charge in [-0.15, -0.1) is 0 Å². The minimum atomic E-state index is 0.931. The second kappa shape index (κ2) is 7.55. The summed E-state index contributed by atoms with van der Waals surface area (Å²) in [6.45, 7) is 2.12. The van der Waals surface area contributed by atoms with Gasteiger partial charge in [0.25, 0.3) is 0 Å². The van der Waals surface area contributed by atoms with Crippen LogP contribution in [0.4, 0.5) is 0 Å². The number of rotatable bonds is 3. The molecule has 0 saturated heterocycles. The van der Waals surface area contributed by atoms with E-state index in [1.165, 1.54) is 27.8 Å². The summed E-state index contributed by atoms with van der Waals surface area (Å²) in [4.78, 5) is 0. The molecule has 0 aliphatic heterocycles. The summed E-state index contributed by atoms with van der Waals surface area (Å²) in [5.41, 5.74) is 10.4. The Kier molecular flexibility index (Phi) is 4.40. The molecular formula is C31H22O. The lowest BCUT2D eigenvalue weighted by Crippen LogP contribution is -1.83. The number of fused-ring (bicyclic) bond motifs is 3. The zero-order valence-corrected chi connectivity index (χ0v) is 17.9. The van der Waals surface area contributed by atoms with Crippen LogP contribution in [0.3, 0.4) is 0 Å². The second-order valence-electron chi connectivity index (χ2n) is 8.30. The molecule has 0 aliphatic carbocycles. The van der Waals surface area contributed by atoms with E-state index in [9.17, 15) is 0 Å². The third-order valence-electron chi connectivity index (χ3n) is 6.20. The molecule has 0 saturated carbocycles. The van der Waals surface area contributed by atoms with Gasteiger partial charge >= 0.3 is 0 Å². The quantitative estimate of drug-likeness (QED) is 0.284. The molecule has 0 aliphatic rings. The van der Waals surface area contributed by atoms with E-state index in [0.717, 1.165) is 33.1 Å². The molecule has 6 rings (SSSR count). The van der Waals surface area contributed by atoms with Crippen LogP contribution >= 0.6 is 0 Å². The van der Waals surface area contributed by atoms with Gasteiger partial charge in [-0.3, -0.25) is 0 Å². The molecule has 152 valence electrons. The standard InChI is InChI=1S/C31H22O/c1-21-9-11-22(12-10-21)23-13-15-24(16-14-23)25-17-19-26(20-18-25)27-6-4-7-29-28-5-2-3-8-30(28)32-31(27)29/h2-20H,1H3. The molecule has 0 unspecified atom stereocenters. The third kappa shape index (κ3) is 3.19. The molecule has 0 radical (unpaired) electrons. The summed E-state index contributed by atoms with van der Waals surface area (Å²) in [5.74, 6) is 0. The van der Waals surface area contributed by atoms with E-state index < -0.39 is 0 Å². The lowest BCUT2D eigenvalue weighted by atomic mass is 9.97. The Morgan fingerprint density at radius 3 is 1.56 bits per heavy atom. The smallest absolute Gasteiger partial charge is 0.143 e. The minimum absolute atomic E-state index is 0.931. The summed E-state index contributed by atoms with van der Waals surface area (Å²) in [6, 6.07) is 40.8. The van der Waals surface area contributed by atoms with Gasteiger partial charge in [0, 0.05) is 16.3 Å². The van der Waals surface area contributed by atoms with Crippen LogP contribution in [-0.2, 0) is 0 Å². The number of benzene rings is 5. The molecule has 5 aromatic carbocycles. The van der Waals surface area contributed by atoms with E-state index in [1.807, 2.05) is 12.1 Å². The number of hydrogen-bond donors (Lipinski definition) is 0. The third-order valence-corrected chi connectivity index (χ3v) is 6.20. The first-order chi connectivity index (χ1) is 15.8. The average Bonchev–Trinajstić information content (AvgIpc) is 3.24. The molecule has 6 aromatic rings. The van der Waals surface area contributed by atoms with Gasteiger partial charge in [-0.2, -0.15) is 0 Å².